The van der Waals surface area contributed by atoms with Gasteiger partial charge in [0.25, 0.3) is 0 Å². The molecule has 0 amide bonds. The maximum Gasteiger partial charge on any atom is 0.146 e. The van der Waals surface area contributed by atoms with E-state index in [9.17, 15) is 0 Å². The van der Waals surface area contributed by atoms with Crippen molar-refractivity contribution in [3.8, 4) is 0 Å². The molecular formula is C9H17NO2. The zero-order valence-electron chi connectivity index (χ0n) is 7.66. The second kappa shape index (κ2) is 3.73. The van der Waals surface area contributed by atoms with Crippen LogP contribution in [0.2, 0.25) is 0 Å². The third-order valence-electron chi connectivity index (χ3n) is 3.00. The number of nitrogens with zero attached hydrogens (tertiary/aromatic N) is 1. The van der Waals surface area contributed by atoms with Gasteiger partial charge >= 0.3 is 0 Å². The Labute approximate surface area is 73.6 Å². The summed E-state index contributed by atoms with van der Waals surface area (Å²) in [6.45, 7) is 4.12. The lowest BCUT2D eigenvalue weighted by molar-refractivity contribution is -0.130. The molecule has 70 valence electrons. The number of fused-ring (bicyclic) bond motifs is 3. The number of methoxy groups -OCH3 is 1. The van der Waals surface area contributed by atoms with Crippen LogP contribution in [-0.2, 0) is 9.47 Å². The first-order chi connectivity index (χ1) is 5.90. The van der Waals surface area contributed by atoms with Crippen LogP contribution in [0.15, 0.2) is 0 Å². The zero-order valence-corrected chi connectivity index (χ0v) is 7.66. The van der Waals surface area contributed by atoms with Crippen LogP contribution in [0, 0.1) is 5.92 Å². The van der Waals surface area contributed by atoms with E-state index in [1.807, 2.05) is 0 Å². The maximum absolute atomic E-state index is 5.60. The highest BCUT2D eigenvalue weighted by Crippen LogP contribution is 2.29. The van der Waals surface area contributed by atoms with Crippen molar-refractivity contribution in [3.05, 3.63) is 0 Å². The van der Waals surface area contributed by atoms with Crippen molar-refractivity contribution in [3.63, 3.8) is 0 Å². The van der Waals surface area contributed by atoms with Crippen molar-refractivity contribution in [1.82, 2.24) is 4.90 Å². The maximum atomic E-state index is 5.60. The van der Waals surface area contributed by atoms with Crippen molar-refractivity contribution in [2.24, 2.45) is 5.92 Å². The molecule has 1 atom stereocenters. The predicted octanol–water partition coefficient (Wildman–Crippen LogP) is 0.701. The minimum absolute atomic E-state index is 0.437. The summed E-state index contributed by atoms with van der Waals surface area (Å²) in [6.07, 6.45) is 3.07. The zero-order chi connectivity index (χ0) is 8.39. The number of ether oxygens (including phenoxy) is 2. The first-order valence-electron chi connectivity index (χ1n) is 4.73. The van der Waals surface area contributed by atoms with E-state index >= 15 is 0 Å². The fourth-order valence-electron chi connectivity index (χ4n) is 2.26. The number of hydrogen-bond acceptors (Lipinski definition) is 3. The molecule has 3 heterocycles. The molecule has 3 aliphatic heterocycles. The topological polar surface area (TPSA) is 21.7 Å². The summed E-state index contributed by atoms with van der Waals surface area (Å²) in [7, 11) is 1.68. The first kappa shape index (κ1) is 8.48. The second-order valence-corrected chi connectivity index (χ2v) is 3.75. The molecule has 0 aromatic carbocycles. The van der Waals surface area contributed by atoms with Crippen LogP contribution in [0.3, 0.4) is 0 Å². The van der Waals surface area contributed by atoms with Gasteiger partial charge < -0.3 is 14.4 Å². The third kappa shape index (κ3) is 1.63. The van der Waals surface area contributed by atoms with E-state index in [2.05, 4.69) is 4.90 Å². The molecule has 3 fully saturated rings. The van der Waals surface area contributed by atoms with Gasteiger partial charge in [-0.25, -0.2) is 0 Å². The molecule has 3 heteroatoms. The summed E-state index contributed by atoms with van der Waals surface area (Å²) in [4.78, 5) is 2.49. The van der Waals surface area contributed by atoms with E-state index in [1.54, 1.807) is 7.11 Å². The molecule has 0 aromatic rings. The highest BCUT2D eigenvalue weighted by molar-refractivity contribution is 4.87. The minimum atomic E-state index is 0.437. The fraction of sp³-hybridized carbons (Fsp3) is 1.00. The molecule has 0 N–H and O–H groups in total. The van der Waals surface area contributed by atoms with Gasteiger partial charge in [-0.15, -0.1) is 0 Å². The van der Waals surface area contributed by atoms with Crippen molar-refractivity contribution < 1.29 is 9.47 Å². The van der Waals surface area contributed by atoms with Crippen LogP contribution in [0.5, 0.6) is 0 Å². The van der Waals surface area contributed by atoms with Crippen LogP contribution in [-0.4, -0.2) is 44.5 Å². The van der Waals surface area contributed by atoms with Crippen LogP contribution < -0.4 is 0 Å². The van der Waals surface area contributed by atoms with E-state index < -0.39 is 0 Å². The van der Waals surface area contributed by atoms with Gasteiger partial charge in [-0.3, -0.25) is 0 Å². The largest absolute Gasteiger partial charge is 0.359 e. The van der Waals surface area contributed by atoms with Gasteiger partial charge in [-0.2, -0.15) is 0 Å². The Bertz CT molecular complexity index is 143. The van der Waals surface area contributed by atoms with Gasteiger partial charge in [-0.05, 0) is 31.8 Å². The van der Waals surface area contributed by atoms with Crippen LogP contribution in [0.1, 0.15) is 12.8 Å². The third-order valence-corrected chi connectivity index (χ3v) is 3.00. The standard InChI is InChI=1S/C9H17NO2/c1-11-7-12-9-6-10-4-2-8(9)3-5-10/h8-9H,2-7H2,1H3/t9-/m0/s1. The highest BCUT2D eigenvalue weighted by Gasteiger charge is 2.34. The van der Waals surface area contributed by atoms with Crippen molar-refractivity contribution >= 4 is 0 Å². The number of hydrogen-bond donors (Lipinski definition) is 0. The minimum Gasteiger partial charge on any atom is -0.359 e. The van der Waals surface area contributed by atoms with Gasteiger partial charge in [0, 0.05) is 13.7 Å². The molecule has 2 bridgehead atoms. The van der Waals surface area contributed by atoms with Crippen LogP contribution >= 0.6 is 0 Å². The molecule has 0 saturated carbocycles. The van der Waals surface area contributed by atoms with E-state index in [4.69, 9.17) is 9.47 Å². The molecular weight excluding hydrogens is 154 g/mol. The van der Waals surface area contributed by atoms with Crippen LogP contribution in [0.4, 0.5) is 0 Å². The van der Waals surface area contributed by atoms with Crippen LogP contribution in [0.25, 0.3) is 0 Å². The smallest absolute Gasteiger partial charge is 0.146 e. The van der Waals surface area contributed by atoms with E-state index in [0.717, 1.165) is 12.5 Å². The fourth-order valence-corrected chi connectivity index (χ4v) is 2.26. The Morgan fingerprint density at radius 1 is 1.33 bits per heavy atom. The quantitative estimate of drug-likeness (QED) is 0.583. The summed E-state index contributed by atoms with van der Waals surface area (Å²) < 4.78 is 10.5. The molecule has 0 radical (unpaired) electrons. The Morgan fingerprint density at radius 3 is 2.58 bits per heavy atom. The molecule has 3 nitrogen and oxygen atoms in total. The average Bonchev–Trinajstić information content (AvgIpc) is 2.17. The Balaban J connectivity index is 1.82. The molecule has 0 aromatic heterocycles. The van der Waals surface area contributed by atoms with E-state index in [1.165, 1.54) is 25.9 Å². The summed E-state index contributed by atoms with van der Waals surface area (Å²) in [6, 6.07) is 0. The molecule has 0 spiro atoms. The second-order valence-electron chi connectivity index (χ2n) is 3.75. The SMILES string of the molecule is COCO[C@H]1CN2CCC1CC2. The van der Waals surface area contributed by atoms with Crippen molar-refractivity contribution in [2.45, 2.75) is 18.9 Å². The van der Waals surface area contributed by atoms with E-state index in [0.29, 0.717) is 12.9 Å². The Kier molecular flexibility index (Phi) is 2.63. The monoisotopic (exact) mass is 171 g/mol. The van der Waals surface area contributed by atoms with E-state index in [-0.39, 0.29) is 0 Å². The molecule has 3 rings (SSSR count). The van der Waals surface area contributed by atoms with Crippen molar-refractivity contribution in [2.75, 3.05) is 33.5 Å². The number of piperidine rings is 3. The first-order valence-corrected chi connectivity index (χ1v) is 4.73. The van der Waals surface area contributed by atoms with Gasteiger partial charge in [-0.1, -0.05) is 0 Å². The molecule has 12 heavy (non-hydrogen) atoms. The van der Waals surface area contributed by atoms with Gasteiger partial charge in [0.15, 0.2) is 0 Å². The molecule has 0 unspecified atom stereocenters. The summed E-state index contributed by atoms with van der Waals surface area (Å²) in [5, 5.41) is 0. The lowest BCUT2D eigenvalue weighted by Crippen LogP contribution is -2.51. The molecule has 0 aliphatic carbocycles. The normalized spacial score (nSPS) is 40.2. The average molecular weight is 171 g/mol. The molecule has 3 saturated heterocycles. The summed E-state index contributed by atoms with van der Waals surface area (Å²) in [5.74, 6) is 0.796. The van der Waals surface area contributed by atoms with Gasteiger partial charge in [0.05, 0.1) is 6.10 Å². The lowest BCUT2D eigenvalue weighted by Gasteiger charge is -2.44. The molecule has 3 aliphatic rings. The van der Waals surface area contributed by atoms with Gasteiger partial charge in [0.1, 0.15) is 6.79 Å². The van der Waals surface area contributed by atoms with Crippen molar-refractivity contribution in [1.29, 1.82) is 0 Å². The summed E-state index contributed by atoms with van der Waals surface area (Å²) in [5.41, 5.74) is 0. The Morgan fingerprint density at radius 2 is 2.08 bits per heavy atom. The number of rotatable bonds is 3. The Hall–Kier alpha value is -0.120. The lowest BCUT2D eigenvalue weighted by atomic mass is 9.86. The predicted molar refractivity (Wildman–Crippen MR) is 45.9 cm³/mol. The summed E-state index contributed by atoms with van der Waals surface area (Å²) >= 11 is 0. The highest BCUT2D eigenvalue weighted by atomic mass is 16.7. The van der Waals surface area contributed by atoms with Gasteiger partial charge in [0.2, 0.25) is 0 Å².